The lowest BCUT2D eigenvalue weighted by Gasteiger charge is -2.24. The number of nitrogens with zero attached hydrogens (tertiary/aromatic N) is 4. The third kappa shape index (κ3) is 3.83. The highest BCUT2D eigenvalue weighted by atomic mass is 16.2. The number of hydrogen-bond acceptors (Lipinski definition) is 3. The zero-order valence-electron chi connectivity index (χ0n) is 14.6. The number of likely N-dealkylation sites (tertiary alicyclic amines) is 1. The number of amides is 1. The Kier molecular flexibility index (Phi) is 5.28. The normalized spacial score (nSPS) is 17.4. The molecule has 0 unspecified atom stereocenters. The molecule has 24 heavy (non-hydrogen) atoms. The van der Waals surface area contributed by atoms with Gasteiger partial charge in [0.05, 0.1) is 0 Å². The minimum absolute atomic E-state index is 0.0817. The van der Waals surface area contributed by atoms with Crippen molar-refractivity contribution in [2.45, 2.75) is 58.5 Å². The molecule has 1 aliphatic heterocycles. The average molecular weight is 326 g/mol. The van der Waals surface area contributed by atoms with Gasteiger partial charge in [-0.1, -0.05) is 6.92 Å². The van der Waals surface area contributed by atoms with Crippen molar-refractivity contribution in [2.24, 2.45) is 0 Å². The molecule has 1 atom stereocenters. The summed E-state index contributed by atoms with van der Waals surface area (Å²) in [7, 11) is 0. The maximum absolute atomic E-state index is 12.8. The molecule has 1 saturated heterocycles. The maximum Gasteiger partial charge on any atom is 0.274 e. The van der Waals surface area contributed by atoms with Crippen LogP contribution in [0.1, 0.15) is 54.4 Å². The number of pyridine rings is 1. The third-order valence-electron chi connectivity index (χ3n) is 4.68. The number of hydrogen-bond donors (Lipinski definition) is 0. The van der Waals surface area contributed by atoms with E-state index in [2.05, 4.69) is 29.1 Å². The summed E-state index contributed by atoms with van der Waals surface area (Å²) >= 11 is 0. The summed E-state index contributed by atoms with van der Waals surface area (Å²) in [6.07, 6.45) is 8.96. The minimum Gasteiger partial charge on any atom is -0.334 e. The second-order valence-corrected chi connectivity index (χ2v) is 6.60. The summed E-state index contributed by atoms with van der Waals surface area (Å²) < 4.78 is 1.86. The van der Waals surface area contributed by atoms with E-state index in [0.29, 0.717) is 11.7 Å². The summed E-state index contributed by atoms with van der Waals surface area (Å²) in [5, 5.41) is 4.43. The van der Waals surface area contributed by atoms with E-state index in [9.17, 15) is 4.79 Å². The molecule has 1 aliphatic rings. The number of carbonyl (C=O) groups is 1. The van der Waals surface area contributed by atoms with Gasteiger partial charge >= 0.3 is 0 Å². The molecule has 0 aliphatic carbocycles. The molecular weight excluding hydrogens is 300 g/mol. The zero-order chi connectivity index (χ0) is 16.9. The van der Waals surface area contributed by atoms with Gasteiger partial charge in [0.25, 0.3) is 5.91 Å². The van der Waals surface area contributed by atoms with Gasteiger partial charge in [0, 0.05) is 37.2 Å². The van der Waals surface area contributed by atoms with Crippen LogP contribution in [-0.4, -0.2) is 38.2 Å². The first-order valence-electron chi connectivity index (χ1n) is 8.93. The average Bonchev–Trinajstić information content (AvgIpc) is 3.22. The summed E-state index contributed by atoms with van der Waals surface area (Å²) in [5.74, 6) is 0.0817. The van der Waals surface area contributed by atoms with Crippen LogP contribution in [0.2, 0.25) is 0 Å². The molecule has 0 aromatic carbocycles. The quantitative estimate of drug-likeness (QED) is 0.819. The van der Waals surface area contributed by atoms with Gasteiger partial charge < -0.3 is 4.90 Å². The number of aryl methyl sites for hydroxylation is 3. The molecule has 5 heteroatoms. The fourth-order valence-corrected chi connectivity index (χ4v) is 3.47. The highest BCUT2D eigenvalue weighted by molar-refractivity contribution is 5.92. The van der Waals surface area contributed by atoms with Crippen LogP contribution < -0.4 is 0 Å². The Hall–Kier alpha value is -2.17. The lowest BCUT2D eigenvalue weighted by atomic mass is 10.0. The van der Waals surface area contributed by atoms with Crippen molar-refractivity contribution in [3.8, 4) is 0 Å². The van der Waals surface area contributed by atoms with Crippen LogP contribution in [0, 0.1) is 6.92 Å². The molecule has 0 saturated carbocycles. The largest absolute Gasteiger partial charge is 0.334 e. The van der Waals surface area contributed by atoms with E-state index >= 15 is 0 Å². The summed E-state index contributed by atoms with van der Waals surface area (Å²) in [6.45, 7) is 5.83. The monoisotopic (exact) mass is 326 g/mol. The van der Waals surface area contributed by atoms with Crippen molar-refractivity contribution in [3.05, 3.63) is 47.5 Å². The number of aromatic nitrogens is 3. The van der Waals surface area contributed by atoms with Crippen LogP contribution in [0.15, 0.2) is 30.6 Å². The Bertz CT molecular complexity index is 694. The lowest BCUT2D eigenvalue weighted by Crippen LogP contribution is -2.36. The van der Waals surface area contributed by atoms with Crippen LogP contribution in [0.5, 0.6) is 0 Å². The fourth-order valence-electron chi connectivity index (χ4n) is 3.47. The molecule has 0 radical (unpaired) electrons. The standard InChI is InChI=1S/C19H26N4O/c1-3-11-22-13-9-18(21-22)19(24)23-12-4-5-17(23)7-6-16-8-10-20-15(2)14-16/h8-10,13-14,17H,3-7,11-12H2,1-2H3/t17-/m1/s1. The van der Waals surface area contributed by atoms with Crippen molar-refractivity contribution in [1.29, 1.82) is 0 Å². The first-order valence-corrected chi connectivity index (χ1v) is 8.93. The van der Waals surface area contributed by atoms with Gasteiger partial charge in [0.15, 0.2) is 0 Å². The van der Waals surface area contributed by atoms with Crippen LogP contribution in [-0.2, 0) is 13.0 Å². The van der Waals surface area contributed by atoms with Gasteiger partial charge in [0.2, 0.25) is 0 Å². The summed E-state index contributed by atoms with van der Waals surface area (Å²) in [6, 6.07) is 6.37. The fraction of sp³-hybridized carbons (Fsp3) is 0.526. The van der Waals surface area contributed by atoms with Gasteiger partial charge in [-0.25, -0.2) is 0 Å². The third-order valence-corrected chi connectivity index (χ3v) is 4.68. The van der Waals surface area contributed by atoms with Crippen molar-refractivity contribution in [1.82, 2.24) is 19.7 Å². The molecule has 0 N–H and O–H groups in total. The molecule has 5 nitrogen and oxygen atoms in total. The first kappa shape index (κ1) is 16.7. The second kappa shape index (κ2) is 7.60. The second-order valence-electron chi connectivity index (χ2n) is 6.60. The Morgan fingerprint density at radius 3 is 3.04 bits per heavy atom. The smallest absolute Gasteiger partial charge is 0.274 e. The molecule has 1 amide bonds. The van der Waals surface area contributed by atoms with Gasteiger partial charge in [-0.2, -0.15) is 5.10 Å². The Labute approximate surface area is 143 Å². The van der Waals surface area contributed by atoms with Crippen molar-refractivity contribution in [2.75, 3.05) is 6.54 Å². The molecule has 0 bridgehead atoms. The van der Waals surface area contributed by atoms with E-state index in [1.165, 1.54) is 5.56 Å². The SMILES string of the molecule is CCCn1ccc(C(=O)N2CCC[C@@H]2CCc2ccnc(C)c2)n1. The Morgan fingerprint density at radius 1 is 1.38 bits per heavy atom. The predicted octanol–water partition coefficient (Wildman–Crippen LogP) is 3.23. The number of rotatable bonds is 6. The van der Waals surface area contributed by atoms with E-state index < -0.39 is 0 Å². The zero-order valence-corrected chi connectivity index (χ0v) is 14.6. The Morgan fingerprint density at radius 2 is 2.25 bits per heavy atom. The molecule has 1 fully saturated rings. The summed E-state index contributed by atoms with van der Waals surface area (Å²) in [5.41, 5.74) is 2.93. The van der Waals surface area contributed by atoms with E-state index in [1.54, 1.807) is 0 Å². The summed E-state index contributed by atoms with van der Waals surface area (Å²) in [4.78, 5) is 19.0. The van der Waals surface area contributed by atoms with Gasteiger partial charge in [-0.05, 0) is 62.8 Å². The Balaban J connectivity index is 1.62. The molecule has 2 aromatic rings. The van der Waals surface area contributed by atoms with Crippen LogP contribution in [0.4, 0.5) is 0 Å². The van der Waals surface area contributed by atoms with Crippen LogP contribution in [0.25, 0.3) is 0 Å². The molecule has 3 heterocycles. The molecule has 3 rings (SSSR count). The van der Waals surface area contributed by atoms with Gasteiger partial charge in [-0.15, -0.1) is 0 Å². The van der Waals surface area contributed by atoms with Gasteiger partial charge in [-0.3, -0.25) is 14.5 Å². The highest BCUT2D eigenvalue weighted by Gasteiger charge is 2.30. The first-order chi connectivity index (χ1) is 11.7. The maximum atomic E-state index is 12.8. The van der Waals surface area contributed by atoms with Crippen LogP contribution in [0.3, 0.4) is 0 Å². The van der Waals surface area contributed by atoms with Crippen molar-refractivity contribution < 1.29 is 4.79 Å². The highest BCUT2D eigenvalue weighted by Crippen LogP contribution is 2.23. The predicted molar refractivity (Wildman–Crippen MR) is 93.9 cm³/mol. The van der Waals surface area contributed by atoms with E-state index in [1.807, 2.05) is 35.0 Å². The molecule has 128 valence electrons. The lowest BCUT2D eigenvalue weighted by molar-refractivity contribution is 0.0723. The van der Waals surface area contributed by atoms with Crippen molar-refractivity contribution in [3.63, 3.8) is 0 Å². The van der Waals surface area contributed by atoms with E-state index in [0.717, 1.165) is 50.9 Å². The number of carbonyl (C=O) groups excluding carboxylic acids is 1. The molecule has 2 aromatic heterocycles. The minimum atomic E-state index is 0.0817. The topological polar surface area (TPSA) is 51.0 Å². The van der Waals surface area contributed by atoms with Crippen LogP contribution >= 0.6 is 0 Å². The molecular formula is C19H26N4O. The van der Waals surface area contributed by atoms with E-state index in [4.69, 9.17) is 0 Å². The van der Waals surface area contributed by atoms with E-state index in [-0.39, 0.29) is 5.91 Å². The van der Waals surface area contributed by atoms with Crippen molar-refractivity contribution >= 4 is 5.91 Å². The van der Waals surface area contributed by atoms with Gasteiger partial charge in [0.1, 0.15) is 5.69 Å². The molecule has 0 spiro atoms.